The second-order valence-corrected chi connectivity index (χ2v) is 7.01. The first-order valence-corrected chi connectivity index (χ1v) is 9.03. The van der Waals surface area contributed by atoms with Crippen LogP contribution in [0.3, 0.4) is 0 Å². The molecule has 26 heavy (non-hydrogen) atoms. The number of fused-ring (bicyclic) bond motifs is 2. The Bertz CT molecular complexity index is 1030. The maximum Gasteiger partial charge on any atom is 0.260 e. The summed E-state index contributed by atoms with van der Waals surface area (Å²) in [6.07, 6.45) is 5.23. The number of pyridine rings is 3. The molecule has 138 valence electrons. The van der Waals surface area contributed by atoms with Crippen molar-refractivity contribution in [3.05, 3.63) is 51.3 Å². The predicted octanol–water partition coefficient (Wildman–Crippen LogP) is 2.79. The van der Waals surface area contributed by atoms with Gasteiger partial charge in [0.25, 0.3) is 11.1 Å². The fraction of sp³-hybridized carbons (Fsp3) is 0.450. The van der Waals surface area contributed by atoms with E-state index in [1.807, 2.05) is 12.1 Å². The molecule has 6 nitrogen and oxygen atoms in total. The molecule has 0 bridgehead atoms. The number of nitrogens with zero attached hydrogens (tertiary/aromatic N) is 3. The van der Waals surface area contributed by atoms with Crippen LogP contribution in [-0.4, -0.2) is 27.8 Å². The Balaban J connectivity index is 2.08. The molecular weight excluding hydrogens is 330 g/mol. The van der Waals surface area contributed by atoms with Gasteiger partial charge in [-0.15, -0.1) is 0 Å². The summed E-state index contributed by atoms with van der Waals surface area (Å²) in [6, 6.07) is 5.37. The molecule has 0 aliphatic heterocycles. The van der Waals surface area contributed by atoms with E-state index in [9.17, 15) is 9.59 Å². The Kier molecular flexibility index (Phi) is 5.52. The highest BCUT2D eigenvalue weighted by molar-refractivity contribution is 5.91. The average molecular weight is 355 g/mol. The molecule has 0 aliphatic rings. The van der Waals surface area contributed by atoms with Crippen molar-refractivity contribution in [2.45, 2.75) is 39.8 Å². The van der Waals surface area contributed by atoms with Gasteiger partial charge in [-0.1, -0.05) is 13.8 Å². The molecule has 0 aliphatic carbocycles. The minimum absolute atomic E-state index is 0.0910. The Morgan fingerprint density at radius 3 is 2.12 bits per heavy atom. The van der Waals surface area contributed by atoms with E-state index in [1.165, 1.54) is 0 Å². The molecule has 0 spiro atoms. The van der Waals surface area contributed by atoms with Gasteiger partial charge in [0.05, 0.1) is 21.8 Å². The number of aryl methyl sites for hydroxylation is 2. The van der Waals surface area contributed by atoms with Gasteiger partial charge in [-0.2, -0.15) is 0 Å². The van der Waals surface area contributed by atoms with Gasteiger partial charge in [0.2, 0.25) is 0 Å². The molecule has 0 aromatic carbocycles. The molecular formula is C20H25N3O3. The predicted molar refractivity (Wildman–Crippen MR) is 104 cm³/mol. The van der Waals surface area contributed by atoms with Crippen LogP contribution in [-0.2, 0) is 17.8 Å². The highest BCUT2D eigenvalue weighted by Gasteiger charge is 2.10. The molecule has 0 atom stereocenters. The van der Waals surface area contributed by atoms with Gasteiger partial charge in [0.1, 0.15) is 0 Å². The number of methoxy groups -OCH3 is 1. The highest BCUT2D eigenvalue weighted by atomic mass is 16.5. The second-order valence-electron chi connectivity index (χ2n) is 7.01. The van der Waals surface area contributed by atoms with Crippen molar-refractivity contribution in [2.75, 3.05) is 13.7 Å². The largest absolute Gasteiger partial charge is 0.385 e. The van der Waals surface area contributed by atoms with Gasteiger partial charge in [-0.05, 0) is 37.0 Å². The lowest BCUT2D eigenvalue weighted by molar-refractivity contribution is 0.190. The lowest BCUT2D eigenvalue weighted by Crippen LogP contribution is -2.23. The monoisotopic (exact) mass is 355 g/mol. The van der Waals surface area contributed by atoms with Gasteiger partial charge >= 0.3 is 0 Å². The van der Waals surface area contributed by atoms with Crippen LogP contribution in [0.25, 0.3) is 21.8 Å². The van der Waals surface area contributed by atoms with Crippen molar-refractivity contribution >= 4 is 21.8 Å². The Morgan fingerprint density at radius 1 is 1.00 bits per heavy atom. The third-order valence-corrected chi connectivity index (χ3v) is 4.58. The van der Waals surface area contributed by atoms with E-state index in [-0.39, 0.29) is 11.1 Å². The molecule has 3 aromatic rings. The summed E-state index contributed by atoms with van der Waals surface area (Å²) in [5.74, 6) is 0.520. The normalized spacial score (nSPS) is 11.7. The molecule has 0 amide bonds. The highest BCUT2D eigenvalue weighted by Crippen LogP contribution is 2.14. The molecule has 0 saturated heterocycles. The maximum atomic E-state index is 12.8. The summed E-state index contributed by atoms with van der Waals surface area (Å²) in [5, 5.41) is 0.978. The van der Waals surface area contributed by atoms with Crippen molar-refractivity contribution in [3.63, 3.8) is 0 Å². The zero-order valence-electron chi connectivity index (χ0n) is 15.6. The first-order valence-electron chi connectivity index (χ1n) is 9.03. The summed E-state index contributed by atoms with van der Waals surface area (Å²) in [7, 11) is 1.64. The minimum atomic E-state index is -0.120. The summed E-state index contributed by atoms with van der Waals surface area (Å²) in [6.45, 7) is 6.11. The van der Waals surface area contributed by atoms with E-state index in [0.29, 0.717) is 47.4 Å². The van der Waals surface area contributed by atoms with E-state index in [1.54, 1.807) is 34.7 Å². The van der Waals surface area contributed by atoms with Crippen molar-refractivity contribution in [1.29, 1.82) is 0 Å². The summed E-state index contributed by atoms with van der Waals surface area (Å²) >= 11 is 0. The lowest BCUT2D eigenvalue weighted by Gasteiger charge is -2.10. The first-order chi connectivity index (χ1) is 12.5. The fourth-order valence-corrected chi connectivity index (χ4v) is 3.03. The van der Waals surface area contributed by atoms with Gasteiger partial charge in [-0.25, -0.2) is 4.98 Å². The van der Waals surface area contributed by atoms with Crippen LogP contribution < -0.4 is 11.1 Å². The van der Waals surface area contributed by atoms with Gasteiger partial charge in [0, 0.05) is 39.2 Å². The van der Waals surface area contributed by atoms with Gasteiger partial charge < -0.3 is 13.9 Å². The molecule has 6 heteroatoms. The van der Waals surface area contributed by atoms with Gasteiger partial charge in [0.15, 0.2) is 0 Å². The average Bonchev–Trinajstić information content (AvgIpc) is 2.62. The molecule has 0 unspecified atom stereocenters. The van der Waals surface area contributed by atoms with Crippen molar-refractivity contribution in [1.82, 2.24) is 14.1 Å². The number of ether oxygens (including phenoxy) is 1. The SMILES string of the molecule is COCCCn1ccc2nc3ccn(CCC(C)C)c(=O)c3cc2c1=O. The molecule has 3 rings (SSSR count). The van der Waals surface area contributed by atoms with Crippen LogP contribution in [0.1, 0.15) is 26.7 Å². The fourth-order valence-electron chi connectivity index (χ4n) is 3.03. The van der Waals surface area contributed by atoms with E-state index in [4.69, 9.17) is 4.74 Å². The molecule has 0 radical (unpaired) electrons. The maximum absolute atomic E-state index is 12.8. The van der Waals surface area contributed by atoms with Crippen LogP contribution in [0, 0.1) is 5.92 Å². The topological polar surface area (TPSA) is 66.1 Å². The Morgan fingerprint density at radius 2 is 1.58 bits per heavy atom. The standard InChI is InChI=1S/C20H25N3O3/c1-14(2)5-9-23-11-7-18-16(20(23)25)13-15-17(21-18)6-10-22(19(15)24)8-4-12-26-3/h6-7,10-11,13-14H,4-5,8-9,12H2,1-3H3. The van der Waals surface area contributed by atoms with Crippen LogP contribution in [0.4, 0.5) is 0 Å². The van der Waals surface area contributed by atoms with Crippen LogP contribution >= 0.6 is 0 Å². The molecule has 3 heterocycles. The number of aromatic nitrogens is 3. The number of rotatable bonds is 7. The summed E-state index contributed by atoms with van der Waals surface area (Å²) in [4.78, 5) is 30.1. The van der Waals surface area contributed by atoms with E-state index >= 15 is 0 Å². The molecule has 0 fully saturated rings. The third-order valence-electron chi connectivity index (χ3n) is 4.58. The van der Waals surface area contributed by atoms with E-state index in [2.05, 4.69) is 18.8 Å². The summed E-state index contributed by atoms with van der Waals surface area (Å²) in [5.41, 5.74) is 1.03. The van der Waals surface area contributed by atoms with Crippen molar-refractivity contribution in [3.8, 4) is 0 Å². The van der Waals surface area contributed by atoms with Crippen LogP contribution in [0.15, 0.2) is 40.2 Å². The van der Waals surface area contributed by atoms with E-state index in [0.717, 1.165) is 12.8 Å². The smallest absolute Gasteiger partial charge is 0.260 e. The van der Waals surface area contributed by atoms with Crippen LogP contribution in [0.5, 0.6) is 0 Å². The number of hydrogen-bond donors (Lipinski definition) is 0. The molecule has 3 aromatic heterocycles. The van der Waals surface area contributed by atoms with Crippen molar-refractivity contribution < 1.29 is 4.74 Å². The first kappa shape index (κ1) is 18.3. The summed E-state index contributed by atoms with van der Waals surface area (Å²) < 4.78 is 8.40. The molecule has 0 saturated carbocycles. The van der Waals surface area contributed by atoms with Crippen LogP contribution in [0.2, 0.25) is 0 Å². The Labute approximate surface area is 152 Å². The molecule has 0 N–H and O–H groups in total. The Hall–Kier alpha value is -2.47. The quantitative estimate of drug-likeness (QED) is 0.483. The van der Waals surface area contributed by atoms with Gasteiger partial charge in [-0.3, -0.25) is 9.59 Å². The number of hydrogen-bond acceptors (Lipinski definition) is 4. The zero-order valence-corrected chi connectivity index (χ0v) is 15.6. The lowest BCUT2D eigenvalue weighted by atomic mass is 10.1. The second kappa shape index (κ2) is 7.83. The minimum Gasteiger partial charge on any atom is -0.385 e. The van der Waals surface area contributed by atoms with E-state index < -0.39 is 0 Å². The van der Waals surface area contributed by atoms with Crippen molar-refractivity contribution in [2.24, 2.45) is 5.92 Å². The third kappa shape index (κ3) is 3.70. The zero-order chi connectivity index (χ0) is 18.7.